The molecule has 154 valence electrons. The summed E-state index contributed by atoms with van der Waals surface area (Å²) in [6.07, 6.45) is 2.80. The first-order valence-electron chi connectivity index (χ1n) is 8.76. The van der Waals surface area contributed by atoms with Crippen LogP contribution in [0.25, 0.3) is 6.08 Å². The Morgan fingerprint density at radius 2 is 1.79 bits per heavy atom. The maximum absolute atomic E-state index is 12.1. The van der Waals surface area contributed by atoms with Crippen molar-refractivity contribution in [2.45, 2.75) is 6.92 Å². The number of ether oxygens (including phenoxy) is 4. The van der Waals surface area contributed by atoms with Gasteiger partial charge in [-0.15, -0.1) is 0 Å². The zero-order valence-corrected chi connectivity index (χ0v) is 17.1. The molecule has 8 heteroatoms. The first-order valence-corrected chi connectivity index (χ1v) is 9.14. The predicted molar refractivity (Wildman–Crippen MR) is 111 cm³/mol. The second-order valence-corrected chi connectivity index (χ2v) is 6.05. The quantitative estimate of drug-likeness (QED) is 0.489. The van der Waals surface area contributed by atoms with Crippen molar-refractivity contribution in [3.63, 3.8) is 0 Å². The van der Waals surface area contributed by atoms with Gasteiger partial charge in [0.2, 0.25) is 0 Å². The Morgan fingerprint density at radius 3 is 2.48 bits per heavy atom. The molecule has 0 radical (unpaired) electrons. The van der Waals surface area contributed by atoms with E-state index in [0.717, 1.165) is 5.56 Å². The first-order chi connectivity index (χ1) is 14.0. The molecule has 1 amide bonds. The van der Waals surface area contributed by atoms with Gasteiger partial charge in [-0.2, -0.15) is 0 Å². The third-order valence-corrected chi connectivity index (χ3v) is 4.01. The third kappa shape index (κ3) is 6.43. The van der Waals surface area contributed by atoms with Gasteiger partial charge < -0.3 is 24.3 Å². The maximum atomic E-state index is 12.1. The summed E-state index contributed by atoms with van der Waals surface area (Å²) in [6, 6.07) is 10.3. The Labute approximate surface area is 174 Å². The molecule has 0 atom stereocenters. The number of hydrogen-bond donors (Lipinski definition) is 1. The average molecular weight is 420 g/mol. The van der Waals surface area contributed by atoms with Gasteiger partial charge in [-0.3, -0.25) is 4.79 Å². The second kappa shape index (κ2) is 11.0. The summed E-state index contributed by atoms with van der Waals surface area (Å²) < 4.78 is 20.8. The molecule has 7 nitrogen and oxygen atoms in total. The number of nitrogens with one attached hydrogen (secondary N) is 1. The summed E-state index contributed by atoms with van der Waals surface area (Å²) in [5.74, 6) is 0.219. The van der Waals surface area contributed by atoms with Crippen LogP contribution in [0, 0.1) is 0 Å². The minimum atomic E-state index is -0.661. The van der Waals surface area contributed by atoms with E-state index in [-0.39, 0.29) is 0 Å². The average Bonchev–Trinajstić information content (AvgIpc) is 2.72. The SMILES string of the molecule is CCOc1ccccc1/C=C/C(=O)OCC(=O)Nc1cc(Cl)c(OC)cc1OC. The normalized spacial score (nSPS) is 10.5. The van der Waals surface area contributed by atoms with Gasteiger partial charge in [0.15, 0.2) is 6.61 Å². The molecule has 0 spiro atoms. The molecule has 2 rings (SSSR count). The van der Waals surface area contributed by atoms with Crippen molar-refractivity contribution in [1.82, 2.24) is 0 Å². The summed E-state index contributed by atoms with van der Waals surface area (Å²) in [4.78, 5) is 24.0. The van der Waals surface area contributed by atoms with Crippen LogP contribution < -0.4 is 19.5 Å². The minimum Gasteiger partial charge on any atom is -0.495 e. The molecular weight excluding hydrogens is 398 g/mol. The number of halogens is 1. The van der Waals surface area contributed by atoms with E-state index >= 15 is 0 Å². The minimum absolute atomic E-state index is 0.302. The van der Waals surface area contributed by atoms with Crippen LogP contribution in [0.1, 0.15) is 12.5 Å². The van der Waals surface area contributed by atoms with Crippen molar-refractivity contribution in [2.75, 3.05) is 32.8 Å². The van der Waals surface area contributed by atoms with Gasteiger partial charge in [0, 0.05) is 17.7 Å². The number of carbonyl (C=O) groups excluding carboxylic acids is 2. The molecule has 0 bridgehead atoms. The fourth-order valence-corrected chi connectivity index (χ4v) is 2.63. The van der Waals surface area contributed by atoms with Crippen LogP contribution in [0.3, 0.4) is 0 Å². The number of hydrogen-bond acceptors (Lipinski definition) is 6. The number of benzene rings is 2. The summed E-state index contributed by atoms with van der Waals surface area (Å²) >= 11 is 6.07. The molecule has 0 aromatic heterocycles. The van der Waals surface area contributed by atoms with Crippen molar-refractivity contribution in [2.24, 2.45) is 0 Å². The standard InChI is InChI=1S/C21H22ClNO6/c1-4-28-17-8-6-5-7-14(17)9-10-21(25)29-13-20(24)23-16-11-15(22)18(26-2)12-19(16)27-3/h5-12H,4,13H2,1-3H3,(H,23,24)/b10-9+. The van der Waals surface area contributed by atoms with Crippen LogP contribution in [-0.4, -0.2) is 39.3 Å². The van der Waals surface area contributed by atoms with E-state index in [1.807, 2.05) is 19.1 Å². The summed E-state index contributed by atoms with van der Waals surface area (Å²) in [5.41, 5.74) is 1.06. The maximum Gasteiger partial charge on any atom is 0.331 e. The van der Waals surface area contributed by atoms with E-state index in [9.17, 15) is 9.59 Å². The van der Waals surface area contributed by atoms with Crippen molar-refractivity contribution < 1.29 is 28.5 Å². The Balaban J connectivity index is 1.94. The number of methoxy groups -OCH3 is 2. The lowest BCUT2D eigenvalue weighted by molar-refractivity contribution is -0.142. The number of para-hydroxylation sites is 1. The molecule has 0 fully saturated rings. The topological polar surface area (TPSA) is 83.1 Å². The van der Waals surface area contributed by atoms with Crippen molar-refractivity contribution >= 4 is 35.2 Å². The van der Waals surface area contributed by atoms with Crippen molar-refractivity contribution in [3.8, 4) is 17.2 Å². The highest BCUT2D eigenvalue weighted by Gasteiger charge is 2.13. The number of carbonyl (C=O) groups is 2. The second-order valence-electron chi connectivity index (χ2n) is 5.65. The fourth-order valence-electron chi connectivity index (χ4n) is 2.39. The smallest absolute Gasteiger partial charge is 0.331 e. The highest BCUT2D eigenvalue weighted by molar-refractivity contribution is 6.32. The van der Waals surface area contributed by atoms with Crippen LogP contribution in [0.5, 0.6) is 17.2 Å². The predicted octanol–water partition coefficient (Wildman–Crippen LogP) is 3.95. The lowest BCUT2D eigenvalue weighted by Gasteiger charge is -2.13. The van der Waals surface area contributed by atoms with Crippen LogP contribution >= 0.6 is 11.6 Å². The summed E-state index contributed by atoms with van der Waals surface area (Å²) in [6.45, 7) is 1.91. The van der Waals surface area contributed by atoms with Gasteiger partial charge in [0.1, 0.15) is 17.2 Å². The lowest BCUT2D eigenvalue weighted by Crippen LogP contribution is -2.20. The molecule has 0 heterocycles. The molecule has 0 saturated carbocycles. The molecule has 0 aliphatic rings. The van der Waals surface area contributed by atoms with Gasteiger partial charge in [0.25, 0.3) is 5.91 Å². The molecule has 0 unspecified atom stereocenters. The van der Waals surface area contributed by atoms with Crippen molar-refractivity contribution in [3.05, 3.63) is 53.1 Å². The number of anilines is 1. The van der Waals surface area contributed by atoms with Gasteiger partial charge >= 0.3 is 5.97 Å². The molecule has 0 saturated heterocycles. The van der Waals surface area contributed by atoms with Crippen LogP contribution in [0.4, 0.5) is 5.69 Å². The van der Waals surface area contributed by atoms with E-state index in [2.05, 4.69) is 5.32 Å². The van der Waals surface area contributed by atoms with Gasteiger partial charge in [-0.1, -0.05) is 29.8 Å². The Bertz CT molecular complexity index is 897. The Hall–Kier alpha value is -3.19. The highest BCUT2D eigenvalue weighted by atomic mass is 35.5. The fraction of sp³-hybridized carbons (Fsp3) is 0.238. The molecule has 2 aromatic rings. The number of esters is 1. The number of amides is 1. The van der Waals surface area contributed by atoms with E-state index in [1.165, 1.54) is 26.4 Å². The van der Waals surface area contributed by atoms with Gasteiger partial charge in [-0.25, -0.2) is 4.79 Å². The molecule has 1 N–H and O–H groups in total. The largest absolute Gasteiger partial charge is 0.495 e. The molecule has 0 aliphatic carbocycles. The lowest BCUT2D eigenvalue weighted by atomic mass is 10.2. The molecule has 2 aromatic carbocycles. The van der Waals surface area contributed by atoms with Crippen molar-refractivity contribution in [1.29, 1.82) is 0 Å². The zero-order chi connectivity index (χ0) is 21.2. The monoisotopic (exact) mass is 419 g/mol. The van der Waals surface area contributed by atoms with Crippen LogP contribution in [0.15, 0.2) is 42.5 Å². The summed E-state index contributed by atoms with van der Waals surface area (Å²) in [5, 5.41) is 2.89. The number of rotatable bonds is 9. The van der Waals surface area contributed by atoms with E-state index in [1.54, 1.807) is 24.3 Å². The highest BCUT2D eigenvalue weighted by Crippen LogP contribution is 2.35. The molecule has 29 heavy (non-hydrogen) atoms. The van der Waals surface area contributed by atoms with E-state index < -0.39 is 18.5 Å². The first kappa shape index (κ1) is 22.1. The zero-order valence-electron chi connectivity index (χ0n) is 16.4. The van der Waals surface area contributed by atoms with E-state index in [0.29, 0.717) is 34.6 Å². The van der Waals surface area contributed by atoms with Crippen LogP contribution in [-0.2, 0) is 14.3 Å². The molecule has 0 aliphatic heterocycles. The molecular formula is C21H22ClNO6. The van der Waals surface area contributed by atoms with Gasteiger partial charge in [-0.05, 0) is 25.1 Å². The van der Waals surface area contributed by atoms with Crippen LogP contribution in [0.2, 0.25) is 5.02 Å². The third-order valence-electron chi connectivity index (χ3n) is 3.71. The summed E-state index contributed by atoms with van der Waals surface area (Å²) in [7, 11) is 2.92. The van der Waals surface area contributed by atoms with Gasteiger partial charge in [0.05, 0.1) is 31.5 Å². The Morgan fingerprint density at radius 1 is 1.07 bits per heavy atom. The van der Waals surface area contributed by atoms with E-state index in [4.69, 9.17) is 30.5 Å². The Kier molecular flexibility index (Phi) is 8.36.